The Bertz CT molecular complexity index is 826. The van der Waals surface area contributed by atoms with Crippen LogP contribution in [0.4, 0.5) is 0 Å². The number of aromatic nitrogens is 4. The fourth-order valence-electron chi connectivity index (χ4n) is 3.20. The molecular formula is C17H23N5O3. The first kappa shape index (κ1) is 17.3. The highest BCUT2D eigenvalue weighted by Crippen LogP contribution is 2.23. The molecule has 1 atom stereocenters. The normalized spacial score (nSPS) is 17.7. The Morgan fingerprint density at radius 1 is 1.44 bits per heavy atom. The van der Waals surface area contributed by atoms with E-state index in [0.717, 1.165) is 11.3 Å². The van der Waals surface area contributed by atoms with Crippen LogP contribution in [-0.2, 0) is 23.0 Å². The van der Waals surface area contributed by atoms with Crippen LogP contribution in [0.25, 0.3) is 0 Å². The molecule has 3 rings (SSSR count). The number of amides is 1. The summed E-state index contributed by atoms with van der Waals surface area (Å²) in [5.41, 5.74) is 2.38. The number of aromatic amines is 1. The number of ether oxygens (including phenoxy) is 1. The van der Waals surface area contributed by atoms with E-state index >= 15 is 0 Å². The third-order valence-electron chi connectivity index (χ3n) is 4.39. The maximum Gasteiger partial charge on any atom is 0.251 e. The molecule has 25 heavy (non-hydrogen) atoms. The standard InChI is InChI=1S/C17H23N5O3/c1-11-13(9-21(3)20-11)4-5-17(24)22-6-7-25-10-15(22)14-8-16(23)19-12(2)18-14/h8-9,15H,4-7,10H2,1-3H3,(H,18,19,23)/t15-/m0/s1. The second-order valence-electron chi connectivity index (χ2n) is 6.35. The Balaban J connectivity index is 1.74. The van der Waals surface area contributed by atoms with Crippen LogP contribution < -0.4 is 5.56 Å². The highest BCUT2D eigenvalue weighted by Gasteiger charge is 2.30. The van der Waals surface area contributed by atoms with E-state index in [1.807, 2.05) is 20.2 Å². The third-order valence-corrected chi connectivity index (χ3v) is 4.39. The molecule has 1 amide bonds. The summed E-state index contributed by atoms with van der Waals surface area (Å²) in [6, 6.07) is 1.12. The maximum atomic E-state index is 12.8. The summed E-state index contributed by atoms with van der Waals surface area (Å²) < 4.78 is 7.28. The highest BCUT2D eigenvalue weighted by molar-refractivity contribution is 5.77. The first-order chi connectivity index (χ1) is 11.9. The molecule has 0 aromatic carbocycles. The molecule has 0 spiro atoms. The van der Waals surface area contributed by atoms with Gasteiger partial charge in [0.2, 0.25) is 5.91 Å². The van der Waals surface area contributed by atoms with Gasteiger partial charge in [0, 0.05) is 32.3 Å². The Kier molecular flexibility index (Phi) is 4.98. The average Bonchev–Trinajstić information content (AvgIpc) is 2.89. The van der Waals surface area contributed by atoms with Crippen LogP contribution >= 0.6 is 0 Å². The lowest BCUT2D eigenvalue weighted by Gasteiger charge is -2.35. The molecule has 8 nitrogen and oxygen atoms in total. The van der Waals surface area contributed by atoms with Crippen molar-refractivity contribution >= 4 is 5.91 Å². The van der Waals surface area contributed by atoms with E-state index in [-0.39, 0.29) is 17.5 Å². The minimum Gasteiger partial charge on any atom is -0.377 e. The van der Waals surface area contributed by atoms with E-state index in [9.17, 15) is 9.59 Å². The van der Waals surface area contributed by atoms with E-state index in [1.165, 1.54) is 6.07 Å². The maximum absolute atomic E-state index is 12.8. The number of nitrogens with one attached hydrogen (secondary N) is 1. The van der Waals surface area contributed by atoms with Crippen LogP contribution in [0.3, 0.4) is 0 Å². The fraction of sp³-hybridized carbons (Fsp3) is 0.529. The summed E-state index contributed by atoms with van der Waals surface area (Å²) in [7, 11) is 1.87. The van der Waals surface area contributed by atoms with E-state index < -0.39 is 0 Å². The van der Waals surface area contributed by atoms with Crippen molar-refractivity contribution in [1.82, 2.24) is 24.6 Å². The number of nitrogens with zero attached hydrogens (tertiary/aromatic N) is 4. The van der Waals surface area contributed by atoms with Crippen LogP contribution in [-0.4, -0.2) is 50.3 Å². The number of aryl methyl sites for hydroxylation is 4. The summed E-state index contributed by atoms with van der Waals surface area (Å²) in [4.78, 5) is 33.3. The van der Waals surface area contributed by atoms with Gasteiger partial charge in [0.05, 0.1) is 30.6 Å². The molecule has 0 unspecified atom stereocenters. The lowest BCUT2D eigenvalue weighted by molar-refractivity contribution is -0.140. The Labute approximate surface area is 145 Å². The number of morpholine rings is 1. The molecule has 1 saturated heterocycles. The molecule has 1 aliphatic rings. The predicted molar refractivity (Wildman–Crippen MR) is 91.1 cm³/mol. The van der Waals surface area contributed by atoms with Gasteiger partial charge in [-0.15, -0.1) is 0 Å². The summed E-state index contributed by atoms with van der Waals surface area (Å²) in [6.45, 7) is 5.03. The number of H-pyrrole nitrogens is 1. The van der Waals surface area contributed by atoms with Crippen LogP contribution in [0.2, 0.25) is 0 Å². The SMILES string of the molecule is Cc1nc([C@@H]2COCCN2C(=O)CCc2cn(C)nc2C)cc(=O)[nH]1. The van der Waals surface area contributed by atoms with Gasteiger partial charge in [-0.25, -0.2) is 4.98 Å². The van der Waals surface area contributed by atoms with E-state index in [2.05, 4.69) is 15.1 Å². The quantitative estimate of drug-likeness (QED) is 0.878. The van der Waals surface area contributed by atoms with Crippen molar-refractivity contribution < 1.29 is 9.53 Å². The van der Waals surface area contributed by atoms with Crippen molar-refractivity contribution in [2.75, 3.05) is 19.8 Å². The zero-order valence-corrected chi connectivity index (χ0v) is 14.8. The third kappa shape index (κ3) is 3.96. The van der Waals surface area contributed by atoms with Crippen molar-refractivity contribution in [2.45, 2.75) is 32.7 Å². The molecule has 2 aromatic rings. The van der Waals surface area contributed by atoms with Gasteiger partial charge in [-0.3, -0.25) is 14.3 Å². The number of hydrogen-bond donors (Lipinski definition) is 1. The van der Waals surface area contributed by atoms with Gasteiger partial charge >= 0.3 is 0 Å². The van der Waals surface area contributed by atoms with Gasteiger partial charge in [0.25, 0.3) is 5.56 Å². The Morgan fingerprint density at radius 2 is 2.24 bits per heavy atom. The number of hydrogen-bond acceptors (Lipinski definition) is 5. The predicted octanol–water partition coefficient (Wildman–Crippen LogP) is 0.653. The first-order valence-electron chi connectivity index (χ1n) is 8.38. The molecule has 134 valence electrons. The summed E-state index contributed by atoms with van der Waals surface area (Å²) in [5.74, 6) is 0.572. The van der Waals surface area contributed by atoms with Crippen molar-refractivity contribution in [1.29, 1.82) is 0 Å². The van der Waals surface area contributed by atoms with Gasteiger partial charge in [0.15, 0.2) is 0 Å². The molecule has 3 heterocycles. The van der Waals surface area contributed by atoms with Crippen LogP contribution in [0.15, 0.2) is 17.1 Å². The molecule has 1 aliphatic heterocycles. The molecule has 0 saturated carbocycles. The van der Waals surface area contributed by atoms with Crippen molar-refractivity contribution in [3.8, 4) is 0 Å². The number of rotatable bonds is 4. The van der Waals surface area contributed by atoms with E-state index in [0.29, 0.717) is 44.1 Å². The number of carbonyl (C=O) groups is 1. The van der Waals surface area contributed by atoms with Gasteiger partial charge in [-0.1, -0.05) is 0 Å². The zero-order chi connectivity index (χ0) is 18.0. The highest BCUT2D eigenvalue weighted by atomic mass is 16.5. The zero-order valence-electron chi connectivity index (χ0n) is 14.8. The second-order valence-corrected chi connectivity index (χ2v) is 6.35. The minimum absolute atomic E-state index is 0.0382. The monoisotopic (exact) mass is 345 g/mol. The minimum atomic E-state index is -0.322. The summed E-state index contributed by atoms with van der Waals surface area (Å²) >= 11 is 0. The molecule has 1 N–H and O–H groups in total. The molecule has 8 heteroatoms. The summed E-state index contributed by atoms with van der Waals surface area (Å²) in [6.07, 6.45) is 2.98. The Morgan fingerprint density at radius 3 is 2.92 bits per heavy atom. The first-order valence-corrected chi connectivity index (χ1v) is 8.38. The van der Waals surface area contributed by atoms with Crippen molar-refractivity contribution in [2.24, 2.45) is 7.05 Å². The van der Waals surface area contributed by atoms with E-state index in [1.54, 1.807) is 16.5 Å². The molecule has 0 aliphatic carbocycles. The molecule has 0 bridgehead atoms. The second kappa shape index (κ2) is 7.18. The molecule has 1 fully saturated rings. The fourth-order valence-corrected chi connectivity index (χ4v) is 3.20. The molecule has 0 radical (unpaired) electrons. The summed E-state index contributed by atoms with van der Waals surface area (Å²) in [5, 5.41) is 4.31. The van der Waals surface area contributed by atoms with Gasteiger partial charge in [0.1, 0.15) is 5.82 Å². The van der Waals surface area contributed by atoms with Crippen molar-refractivity contribution in [3.05, 3.63) is 45.4 Å². The lowest BCUT2D eigenvalue weighted by Crippen LogP contribution is -2.44. The topological polar surface area (TPSA) is 93.1 Å². The molecular weight excluding hydrogens is 322 g/mol. The molecule has 2 aromatic heterocycles. The van der Waals surface area contributed by atoms with Crippen LogP contribution in [0.5, 0.6) is 0 Å². The van der Waals surface area contributed by atoms with Crippen molar-refractivity contribution in [3.63, 3.8) is 0 Å². The van der Waals surface area contributed by atoms with Gasteiger partial charge in [-0.2, -0.15) is 5.10 Å². The van der Waals surface area contributed by atoms with Gasteiger partial charge in [-0.05, 0) is 25.8 Å². The largest absolute Gasteiger partial charge is 0.377 e. The smallest absolute Gasteiger partial charge is 0.251 e. The van der Waals surface area contributed by atoms with Crippen LogP contribution in [0, 0.1) is 13.8 Å². The van der Waals surface area contributed by atoms with Crippen LogP contribution in [0.1, 0.15) is 35.2 Å². The van der Waals surface area contributed by atoms with E-state index in [4.69, 9.17) is 4.74 Å². The Hall–Kier alpha value is -2.48. The lowest BCUT2D eigenvalue weighted by atomic mass is 10.1. The number of carbonyl (C=O) groups excluding carboxylic acids is 1. The van der Waals surface area contributed by atoms with Gasteiger partial charge < -0.3 is 14.6 Å². The average molecular weight is 345 g/mol.